The third-order valence-corrected chi connectivity index (χ3v) is 3.38. The second-order valence-corrected chi connectivity index (χ2v) is 4.87. The molecule has 2 nitrogen and oxygen atoms in total. The summed E-state index contributed by atoms with van der Waals surface area (Å²) in [6, 6.07) is 7.96. The standard InChI is InChI=1S/C12H17ClN2/c13-11-3-1-10(2-4-11)7-15-9-12(8-14)5-6-12/h1-4,15H,5-9,14H2. The van der Waals surface area contributed by atoms with Crippen LogP contribution in [0.5, 0.6) is 0 Å². The summed E-state index contributed by atoms with van der Waals surface area (Å²) in [4.78, 5) is 0. The Morgan fingerprint density at radius 1 is 1.27 bits per heavy atom. The fourth-order valence-corrected chi connectivity index (χ4v) is 1.83. The van der Waals surface area contributed by atoms with Gasteiger partial charge in [-0.2, -0.15) is 0 Å². The Morgan fingerprint density at radius 3 is 2.47 bits per heavy atom. The molecule has 1 aromatic rings. The normalized spacial score (nSPS) is 17.7. The molecule has 0 aromatic heterocycles. The van der Waals surface area contributed by atoms with E-state index in [1.54, 1.807) is 0 Å². The van der Waals surface area contributed by atoms with E-state index in [1.807, 2.05) is 12.1 Å². The molecule has 0 unspecified atom stereocenters. The van der Waals surface area contributed by atoms with Gasteiger partial charge >= 0.3 is 0 Å². The molecule has 3 N–H and O–H groups in total. The topological polar surface area (TPSA) is 38.0 Å². The van der Waals surface area contributed by atoms with Crippen LogP contribution in [0.1, 0.15) is 18.4 Å². The monoisotopic (exact) mass is 224 g/mol. The van der Waals surface area contributed by atoms with Crippen molar-refractivity contribution >= 4 is 11.6 Å². The van der Waals surface area contributed by atoms with Gasteiger partial charge in [0.15, 0.2) is 0 Å². The zero-order chi connectivity index (χ0) is 10.7. The molecule has 0 aliphatic heterocycles. The van der Waals surface area contributed by atoms with Crippen LogP contribution in [0.4, 0.5) is 0 Å². The molecule has 0 saturated heterocycles. The van der Waals surface area contributed by atoms with Crippen molar-refractivity contribution < 1.29 is 0 Å². The Labute approximate surface area is 95.8 Å². The van der Waals surface area contributed by atoms with Crippen LogP contribution in [0.3, 0.4) is 0 Å². The van der Waals surface area contributed by atoms with Crippen molar-refractivity contribution in [3.63, 3.8) is 0 Å². The van der Waals surface area contributed by atoms with Gasteiger partial charge in [-0.15, -0.1) is 0 Å². The summed E-state index contributed by atoms with van der Waals surface area (Å²) < 4.78 is 0. The molecule has 1 aliphatic carbocycles. The van der Waals surface area contributed by atoms with E-state index in [-0.39, 0.29) is 0 Å². The lowest BCUT2D eigenvalue weighted by atomic mass is 10.1. The Hall–Kier alpha value is -0.570. The van der Waals surface area contributed by atoms with Crippen LogP contribution in [-0.2, 0) is 6.54 Å². The summed E-state index contributed by atoms with van der Waals surface area (Å²) in [6.45, 7) is 2.74. The number of rotatable bonds is 5. The van der Waals surface area contributed by atoms with Crippen LogP contribution in [0.2, 0.25) is 5.02 Å². The molecule has 0 radical (unpaired) electrons. The highest BCUT2D eigenvalue weighted by atomic mass is 35.5. The van der Waals surface area contributed by atoms with Gasteiger partial charge in [0.2, 0.25) is 0 Å². The third-order valence-electron chi connectivity index (χ3n) is 3.13. The SMILES string of the molecule is NCC1(CNCc2ccc(Cl)cc2)CC1. The van der Waals surface area contributed by atoms with Crippen molar-refractivity contribution in [2.24, 2.45) is 11.1 Å². The minimum atomic E-state index is 0.409. The summed E-state index contributed by atoms with van der Waals surface area (Å²) in [7, 11) is 0. The maximum absolute atomic E-state index is 5.81. The van der Waals surface area contributed by atoms with Gasteiger partial charge in [0.05, 0.1) is 0 Å². The number of nitrogens with one attached hydrogen (secondary N) is 1. The zero-order valence-corrected chi connectivity index (χ0v) is 9.56. The van der Waals surface area contributed by atoms with E-state index >= 15 is 0 Å². The van der Waals surface area contributed by atoms with E-state index in [4.69, 9.17) is 17.3 Å². The van der Waals surface area contributed by atoms with Gasteiger partial charge in [-0.1, -0.05) is 23.7 Å². The molecule has 1 fully saturated rings. The van der Waals surface area contributed by atoms with Crippen LogP contribution >= 0.6 is 11.6 Å². The fourth-order valence-electron chi connectivity index (χ4n) is 1.70. The van der Waals surface area contributed by atoms with Crippen molar-refractivity contribution in [3.05, 3.63) is 34.9 Å². The van der Waals surface area contributed by atoms with Gasteiger partial charge in [-0.3, -0.25) is 0 Å². The number of hydrogen-bond acceptors (Lipinski definition) is 2. The lowest BCUT2D eigenvalue weighted by Crippen LogP contribution is -2.29. The maximum atomic E-state index is 5.81. The quantitative estimate of drug-likeness (QED) is 0.805. The molecule has 3 heteroatoms. The number of benzene rings is 1. The molecule has 0 atom stereocenters. The third kappa shape index (κ3) is 2.94. The van der Waals surface area contributed by atoms with Crippen LogP contribution in [0, 0.1) is 5.41 Å². The van der Waals surface area contributed by atoms with Crippen LogP contribution in [-0.4, -0.2) is 13.1 Å². The Kier molecular flexibility index (Phi) is 3.29. The lowest BCUT2D eigenvalue weighted by Gasteiger charge is -2.13. The van der Waals surface area contributed by atoms with Crippen LogP contribution in [0.25, 0.3) is 0 Å². The summed E-state index contributed by atoms with van der Waals surface area (Å²) in [5.74, 6) is 0. The van der Waals surface area contributed by atoms with Crippen LogP contribution < -0.4 is 11.1 Å². The van der Waals surface area contributed by atoms with Gasteiger partial charge in [0, 0.05) is 18.1 Å². The zero-order valence-electron chi connectivity index (χ0n) is 8.80. The Balaban J connectivity index is 1.76. The van der Waals surface area contributed by atoms with Crippen molar-refractivity contribution in [2.75, 3.05) is 13.1 Å². The van der Waals surface area contributed by atoms with E-state index in [1.165, 1.54) is 18.4 Å². The molecule has 1 saturated carbocycles. The number of halogens is 1. The molecule has 82 valence electrons. The predicted molar refractivity (Wildman–Crippen MR) is 63.9 cm³/mol. The average molecular weight is 225 g/mol. The second kappa shape index (κ2) is 4.52. The number of nitrogens with two attached hydrogens (primary N) is 1. The van der Waals surface area contributed by atoms with Crippen molar-refractivity contribution in [3.8, 4) is 0 Å². The van der Waals surface area contributed by atoms with Crippen molar-refractivity contribution in [2.45, 2.75) is 19.4 Å². The summed E-state index contributed by atoms with van der Waals surface area (Å²) >= 11 is 5.81. The highest BCUT2D eigenvalue weighted by Crippen LogP contribution is 2.43. The first-order chi connectivity index (χ1) is 7.24. The summed E-state index contributed by atoms with van der Waals surface area (Å²) in [6.07, 6.45) is 2.55. The molecule has 2 rings (SSSR count). The van der Waals surface area contributed by atoms with E-state index in [2.05, 4.69) is 17.4 Å². The Bertz CT molecular complexity index is 317. The average Bonchev–Trinajstić information content (AvgIpc) is 3.02. The van der Waals surface area contributed by atoms with Gasteiger partial charge in [0.1, 0.15) is 0 Å². The lowest BCUT2D eigenvalue weighted by molar-refractivity contribution is 0.468. The van der Waals surface area contributed by atoms with Gasteiger partial charge < -0.3 is 11.1 Å². The highest BCUT2D eigenvalue weighted by molar-refractivity contribution is 6.30. The van der Waals surface area contributed by atoms with Gasteiger partial charge in [0.25, 0.3) is 0 Å². The smallest absolute Gasteiger partial charge is 0.0406 e. The molecular weight excluding hydrogens is 208 g/mol. The number of hydrogen-bond donors (Lipinski definition) is 2. The summed E-state index contributed by atoms with van der Waals surface area (Å²) in [5.41, 5.74) is 7.39. The molecular formula is C12H17ClN2. The minimum Gasteiger partial charge on any atom is -0.330 e. The van der Waals surface area contributed by atoms with E-state index in [0.717, 1.165) is 24.7 Å². The highest BCUT2D eigenvalue weighted by Gasteiger charge is 2.40. The fraction of sp³-hybridized carbons (Fsp3) is 0.500. The van der Waals surface area contributed by atoms with Crippen molar-refractivity contribution in [1.29, 1.82) is 0 Å². The molecule has 0 bridgehead atoms. The van der Waals surface area contributed by atoms with E-state index in [9.17, 15) is 0 Å². The molecule has 15 heavy (non-hydrogen) atoms. The largest absolute Gasteiger partial charge is 0.330 e. The molecule has 1 aliphatic rings. The van der Waals surface area contributed by atoms with Gasteiger partial charge in [-0.05, 0) is 42.5 Å². The second-order valence-electron chi connectivity index (χ2n) is 4.43. The first kappa shape index (κ1) is 10.9. The predicted octanol–water partition coefficient (Wildman–Crippen LogP) is 2.17. The van der Waals surface area contributed by atoms with Crippen molar-refractivity contribution in [1.82, 2.24) is 5.32 Å². The van der Waals surface area contributed by atoms with E-state index in [0.29, 0.717) is 5.41 Å². The maximum Gasteiger partial charge on any atom is 0.0406 e. The first-order valence-electron chi connectivity index (χ1n) is 5.39. The molecule has 1 aromatic carbocycles. The van der Waals surface area contributed by atoms with E-state index < -0.39 is 0 Å². The molecule has 0 heterocycles. The van der Waals surface area contributed by atoms with Gasteiger partial charge in [-0.25, -0.2) is 0 Å². The minimum absolute atomic E-state index is 0.409. The molecule has 0 spiro atoms. The summed E-state index contributed by atoms with van der Waals surface area (Å²) in [5, 5.41) is 4.24. The van der Waals surface area contributed by atoms with Crippen LogP contribution in [0.15, 0.2) is 24.3 Å². The Morgan fingerprint density at radius 2 is 1.93 bits per heavy atom. The molecule has 0 amide bonds. The first-order valence-corrected chi connectivity index (χ1v) is 5.77.